The molecule has 25 heavy (non-hydrogen) atoms. The molecule has 2 aromatic carbocycles. The molecule has 0 aliphatic heterocycles. The Bertz CT molecular complexity index is 818. The Kier molecular flexibility index (Phi) is 5.73. The van der Waals surface area contributed by atoms with Crippen LogP contribution >= 0.6 is 0 Å². The molecule has 0 radical (unpaired) electrons. The van der Waals surface area contributed by atoms with E-state index in [9.17, 15) is 14.4 Å². The molecule has 0 unspecified atom stereocenters. The fourth-order valence-electron chi connectivity index (χ4n) is 2.16. The third kappa shape index (κ3) is 5.07. The van der Waals surface area contributed by atoms with Gasteiger partial charge in [-0.25, -0.2) is 0 Å². The lowest BCUT2D eigenvalue weighted by Crippen LogP contribution is -2.29. The van der Waals surface area contributed by atoms with E-state index in [-0.39, 0.29) is 5.91 Å². The third-order valence-electron chi connectivity index (χ3n) is 3.25. The van der Waals surface area contributed by atoms with E-state index in [1.165, 1.54) is 14.0 Å². The first-order chi connectivity index (χ1) is 11.9. The van der Waals surface area contributed by atoms with Crippen molar-refractivity contribution in [2.45, 2.75) is 13.8 Å². The van der Waals surface area contributed by atoms with Gasteiger partial charge in [0.1, 0.15) is 5.75 Å². The summed E-state index contributed by atoms with van der Waals surface area (Å²) in [5.41, 5.74) is 2.24. The summed E-state index contributed by atoms with van der Waals surface area (Å²) >= 11 is 0. The molecule has 0 heterocycles. The largest absolute Gasteiger partial charge is 0.495 e. The van der Waals surface area contributed by atoms with Crippen LogP contribution in [-0.2, 0) is 14.4 Å². The number of nitrogens with one attached hydrogen (secondary N) is 3. The number of rotatable bonds is 4. The number of carbonyl (C=O) groups is 3. The van der Waals surface area contributed by atoms with E-state index in [1.54, 1.807) is 36.4 Å². The van der Waals surface area contributed by atoms with Crippen LogP contribution in [0.5, 0.6) is 5.75 Å². The quantitative estimate of drug-likeness (QED) is 0.745. The molecule has 0 spiro atoms. The minimum atomic E-state index is -0.830. The summed E-state index contributed by atoms with van der Waals surface area (Å²) in [4.78, 5) is 35.3. The topological polar surface area (TPSA) is 96.5 Å². The van der Waals surface area contributed by atoms with Crippen LogP contribution in [-0.4, -0.2) is 24.8 Å². The number of aryl methyl sites for hydroxylation is 1. The van der Waals surface area contributed by atoms with Crippen molar-refractivity contribution in [3.8, 4) is 5.75 Å². The molecule has 0 saturated heterocycles. The van der Waals surface area contributed by atoms with E-state index in [1.807, 2.05) is 13.0 Å². The zero-order chi connectivity index (χ0) is 18.4. The molecule has 3 amide bonds. The highest BCUT2D eigenvalue weighted by Gasteiger charge is 2.16. The monoisotopic (exact) mass is 341 g/mol. The highest BCUT2D eigenvalue weighted by Crippen LogP contribution is 2.25. The van der Waals surface area contributed by atoms with Crippen molar-refractivity contribution in [3.05, 3.63) is 48.0 Å². The van der Waals surface area contributed by atoms with Crippen molar-refractivity contribution in [1.82, 2.24) is 0 Å². The van der Waals surface area contributed by atoms with Gasteiger partial charge in [-0.2, -0.15) is 0 Å². The molecule has 7 heteroatoms. The number of methoxy groups -OCH3 is 1. The van der Waals surface area contributed by atoms with Crippen LogP contribution in [0.2, 0.25) is 0 Å². The molecule has 3 N–H and O–H groups in total. The fourth-order valence-corrected chi connectivity index (χ4v) is 2.16. The molecule has 130 valence electrons. The number of benzene rings is 2. The SMILES string of the molecule is COc1ccc(C)cc1NC(=O)C(=O)Nc1cccc(NC(C)=O)c1. The zero-order valence-electron chi connectivity index (χ0n) is 14.2. The highest BCUT2D eigenvalue weighted by molar-refractivity contribution is 6.43. The van der Waals surface area contributed by atoms with E-state index < -0.39 is 11.8 Å². The first-order valence-electron chi connectivity index (χ1n) is 7.53. The zero-order valence-corrected chi connectivity index (χ0v) is 14.2. The number of hydrogen-bond acceptors (Lipinski definition) is 4. The summed E-state index contributed by atoms with van der Waals surface area (Å²) in [7, 11) is 1.48. The van der Waals surface area contributed by atoms with Gasteiger partial charge in [0.25, 0.3) is 0 Å². The van der Waals surface area contributed by atoms with Crippen molar-refractivity contribution in [2.75, 3.05) is 23.1 Å². The van der Waals surface area contributed by atoms with Crippen molar-refractivity contribution < 1.29 is 19.1 Å². The molecule has 7 nitrogen and oxygen atoms in total. The summed E-state index contributed by atoms with van der Waals surface area (Å²) in [5, 5.41) is 7.61. The Labute approximate surface area is 145 Å². The maximum atomic E-state index is 12.1. The first-order valence-corrected chi connectivity index (χ1v) is 7.53. The van der Waals surface area contributed by atoms with Gasteiger partial charge in [-0.1, -0.05) is 12.1 Å². The van der Waals surface area contributed by atoms with Gasteiger partial charge in [0.15, 0.2) is 0 Å². The molecule has 0 saturated carbocycles. The van der Waals surface area contributed by atoms with Crippen LogP contribution in [0.1, 0.15) is 12.5 Å². The van der Waals surface area contributed by atoms with Crippen LogP contribution in [0.4, 0.5) is 17.1 Å². The smallest absolute Gasteiger partial charge is 0.314 e. The van der Waals surface area contributed by atoms with Crippen molar-refractivity contribution in [3.63, 3.8) is 0 Å². The van der Waals surface area contributed by atoms with E-state index in [2.05, 4.69) is 16.0 Å². The van der Waals surface area contributed by atoms with E-state index in [4.69, 9.17) is 4.74 Å². The van der Waals surface area contributed by atoms with Gasteiger partial charge in [-0.15, -0.1) is 0 Å². The predicted octanol–water partition coefficient (Wildman–Crippen LogP) is 2.54. The minimum Gasteiger partial charge on any atom is -0.495 e. The highest BCUT2D eigenvalue weighted by atomic mass is 16.5. The van der Waals surface area contributed by atoms with Crippen LogP contribution in [0.3, 0.4) is 0 Å². The third-order valence-corrected chi connectivity index (χ3v) is 3.25. The molecule has 2 rings (SSSR count). The van der Waals surface area contributed by atoms with Gasteiger partial charge < -0.3 is 20.7 Å². The summed E-state index contributed by atoms with van der Waals surface area (Å²) in [6.07, 6.45) is 0. The molecular formula is C18H19N3O4. The van der Waals surface area contributed by atoms with Crippen LogP contribution in [0.25, 0.3) is 0 Å². The lowest BCUT2D eigenvalue weighted by atomic mass is 10.2. The van der Waals surface area contributed by atoms with E-state index in [0.29, 0.717) is 22.8 Å². The maximum Gasteiger partial charge on any atom is 0.314 e. The number of amides is 3. The van der Waals surface area contributed by atoms with Gasteiger partial charge in [0.2, 0.25) is 5.91 Å². The molecule has 0 bridgehead atoms. The number of ether oxygens (including phenoxy) is 1. The van der Waals surface area contributed by atoms with Gasteiger partial charge in [-0.05, 0) is 42.8 Å². The maximum absolute atomic E-state index is 12.1. The van der Waals surface area contributed by atoms with Crippen LogP contribution in [0.15, 0.2) is 42.5 Å². The van der Waals surface area contributed by atoms with Gasteiger partial charge in [0.05, 0.1) is 12.8 Å². The average Bonchev–Trinajstić information content (AvgIpc) is 2.54. The van der Waals surface area contributed by atoms with Crippen LogP contribution < -0.4 is 20.7 Å². The lowest BCUT2D eigenvalue weighted by molar-refractivity contribution is -0.133. The van der Waals surface area contributed by atoms with Gasteiger partial charge >= 0.3 is 11.8 Å². The standard InChI is InChI=1S/C18H19N3O4/c1-11-7-8-16(25-3)15(9-11)21-18(24)17(23)20-14-6-4-5-13(10-14)19-12(2)22/h4-10H,1-3H3,(H,19,22)(H,20,23)(H,21,24). The van der Waals surface area contributed by atoms with Crippen molar-refractivity contribution in [2.24, 2.45) is 0 Å². The second kappa shape index (κ2) is 7.96. The summed E-state index contributed by atoms with van der Waals surface area (Å²) in [6.45, 7) is 3.25. The number of anilines is 3. The molecular weight excluding hydrogens is 322 g/mol. The summed E-state index contributed by atoms with van der Waals surface area (Å²) < 4.78 is 5.17. The van der Waals surface area contributed by atoms with E-state index >= 15 is 0 Å². The second-order valence-electron chi connectivity index (χ2n) is 5.37. The Morgan fingerprint density at radius 2 is 1.52 bits per heavy atom. The predicted molar refractivity (Wildman–Crippen MR) is 95.7 cm³/mol. The molecule has 0 atom stereocenters. The van der Waals surface area contributed by atoms with Gasteiger partial charge in [0, 0.05) is 18.3 Å². The number of hydrogen-bond donors (Lipinski definition) is 3. The Morgan fingerprint density at radius 1 is 0.880 bits per heavy atom. The number of carbonyl (C=O) groups excluding carboxylic acids is 3. The summed E-state index contributed by atoms with van der Waals surface area (Å²) in [5.74, 6) is -1.43. The molecule has 2 aromatic rings. The first kappa shape index (κ1) is 18.0. The minimum absolute atomic E-state index is 0.229. The Balaban J connectivity index is 2.07. The molecule has 0 aliphatic rings. The van der Waals surface area contributed by atoms with Crippen LogP contribution in [0, 0.1) is 6.92 Å². The molecule has 0 aromatic heterocycles. The Morgan fingerprint density at radius 3 is 2.16 bits per heavy atom. The van der Waals surface area contributed by atoms with Crippen molar-refractivity contribution >= 4 is 34.8 Å². The average molecular weight is 341 g/mol. The second-order valence-corrected chi connectivity index (χ2v) is 5.37. The normalized spacial score (nSPS) is 9.88. The lowest BCUT2D eigenvalue weighted by Gasteiger charge is -2.11. The molecule has 0 aliphatic carbocycles. The Hall–Kier alpha value is -3.35. The van der Waals surface area contributed by atoms with Gasteiger partial charge in [-0.3, -0.25) is 14.4 Å². The fraction of sp³-hybridized carbons (Fsp3) is 0.167. The van der Waals surface area contributed by atoms with Crippen molar-refractivity contribution in [1.29, 1.82) is 0 Å². The van der Waals surface area contributed by atoms with E-state index in [0.717, 1.165) is 5.56 Å². The molecule has 0 fully saturated rings. The summed E-state index contributed by atoms with van der Waals surface area (Å²) in [6, 6.07) is 11.8.